The fraction of sp³-hybridized carbons (Fsp3) is 1.00. The summed E-state index contributed by atoms with van der Waals surface area (Å²) in [4.78, 5) is 0. The first-order valence-corrected chi connectivity index (χ1v) is 8.31. The fourth-order valence-electron chi connectivity index (χ4n) is 2.47. The number of ether oxygens (including phenoxy) is 1. The molecule has 0 bridgehead atoms. The number of hydrogen-bond donors (Lipinski definition) is 1. The zero-order valence-corrected chi connectivity index (χ0v) is 12.3. The van der Waals surface area contributed by atoms with Crippen molar-refractivity contribution in [2.75, 3.05) is 33.1 Å². The largest absolute Gasteiger partial charge is 0.393 e. The van der Waals surface area contributed by atoms with Crippen LogP contribution >= 0.6 is 0 Å². The zero-order chi connectivity index (χ0) is 13.8. The number of aliphatic hydroxyl groups excluding tert-OH is 1. The van der Waals surface area contributed by atoms with Crippen LogP contribution in [0.3, 0.4) is 0 Å². The van der Waals surface area contributed by atoms with Gasteiger partial charge in [0.05, 0.1) is 19.0 Å². The molecule has 0 aliphatic carbocycles. The van der Waals surface area contributed by atoms with E-state index in [-0.39, 0.29) is 11.8 Å². The molecule has 0 amide bonds. The Hall–Kier alpha value is -0.170. The van der Waals surface area contributed by atoms with Crippen LogP contribution < -0.4 is 0 Å². The normalized spacial score (nSPS) is 25.9. The van der Waals surface area contributed by atoms with Crippen LogP contribution in [0.15, 0.2) is 0 Å². The minimum atomic E-state index is -3.10. The molecule has 108 valence electrons. The highest BCUT2D eigenvalue weighted by Crippen LogP contribution is 2.24. The Labute approximate surface area is 110 Å². The molecule has 1 fully saturated rings. The highest BCUT2D eigenvalue weighted by molar-refractivity contribution is 7.88. The third-order valence-corrected chi connectivity index (χ3v) is 4.88. The predicted molar refractivity (Wildman–Crippen MR) is 70.8 cm³/mol. The molecule has 1 aliphatic heterocycles. The molecule has 3 atom stereocenters. The molecule has 0 radical (unpaired) electrons. The summed E-state index contributed by atoms with van der Waals surface area (Å²) in [6.07, 6.45) is 3.34. The van der Waals surface area contributed by atoms with Crippen molar-refractivity contribution in [2.24, 2.45) is 11.8 Å². The van der Waals surface area contributed by atoms with Crippen molar-refractivity contribution >= 4 is 10.0 Å². The minimum Gasteiger partial charge on any atom is -0.393 e. The van der Waals surface area contributed by atoms with E-state index in [9.17, 15) is 13.5 Å². The Morgan fingerprint density at radius 1 is 1.50 bits per heavy atom. The van der Waals surface area contributed by atoms with E-state index in [4.69, 9.17) is 4.74 Å². The van der Waals surface area contributed by atoms with Crippen LogP contribution in [-0.2, 0) is 14.8 Å². The molecule has 1 saturated heterocycles. The molecule has 6 heteroatoms. The van der Waals surface area contributed by atoms with E-state index in [2.05, 4.69) is 0 Å². The van der Waals surface area contributed by atoms with Gasteiger partial charge >= 0.3 is 0 Å². The van der Waals surface area contributed by atoms with Crippen molar-refractivity contribution in [3.05, 3.63) is 0 Å². The second-order valence-electron chi connectivity index (χ2n) is 5.36. The lowest BCUT2D eigenvalue weighted by Crippen LogP contribution is -2.40. The van der Waals surface area contributed by atoms with Gasteiger partial charge in [-0.15, -0.1) is 0 Å². The van der Waals surface area contributed by atoms with Gasteiger partial charge in [0, 0.05) is 26.1 Å². The van der Waals surface area contributed by atoms with E-state index in [0.29, 0.717) is 26.1 Å². The third kappa shape index (κ3) is 4.84. The van der Waals surface area contributed by atoms with Crippen LogP contribution in [0.4, 0.5) is 0 Å². The number of rotatable bonds is 6. The van der Waals surface area contributed by atoms with Crippen LogP contribution in [0.25, 0.3) is 0 Å². The fourth-order valence-corrected chi connectivity index (χ4v) is 3.41. The monoisotopic (exact) mass is 279 g/mol. The lowest BCUT2D eigenvalue weighted by atomic mass is 9.89. The summed E-state index contributed by atoms with van der Waals surface area (Å²) in [5.41, 5.74) is 0. The number of piperidine rings is 1. The highest BCUT2D eigenvalue weighted by Gasteiger charge is 2.28. The van der Waals surface area contributed by atoms with Gasteiger partial charge in [-0.3, -0.25) is 0 Å². The summed E-state index contributed by atoms with van der Waals surface area (Å²) >= 11 is 0. The lowest BCUT2D eigenvalue weighted by molar-refractivity contribution is 0.0353. The summed E-state index contributed by atoms with van der Waals surface area (Å²) in [5, 5.41) is 10.0. The number of nitrogens with zero attached hydrogens (tertiary/aromatic N) is 1. The highest BCUT2D eigenvalue weighted by atomic mass is 32.2. The third-order valence-electron chi connectivity index (χ3n) is 3.61. The second kappa shape index (κ2) is 6.84. The van der Waals surface area contributed by atoms with Gasteiger partial charge in [-0.05, 0) is 25.2 Å². The van der Waals surface area contributed by atoms with Crippen molar-refractivity contribution in [1.29, 1.82) is 0 Å². The lowest BCUT2D eigenvalue weighted by Gasteiger charge is -2.33. The maximum absolute atomic E-state index is 11.5. The Morgan fingerprint density at radius 3 is 2.72 bits per heavy atom. The van der Waals surface area contributed by atoms with Gasteiger partial charge in [0.1, 0.15) is 0 Å². The molecular weight excluding hydrogens is 254 g/mol. The van der Waals surface area contributed by atoms with E-state index in [1.165, 1.54) is 10.6 Å². The van der Waals surface area contributed by atoms with Gasteiger partial charge in [-0.2, -0.15) is 0 Å². The Balaban J connectivity index is 2.47. The van der Waals surface area contributed by atoms with Gasteiger partial charge in [0.15, 0.2) is 0 Å². The van der Waals surface area contributed by atoms with Crippen molar-refractivity contribution in [2.45, 2.75) is 32.3 Å². The smallest absolute Gasteiger partial charge is 0.211 e. The molecule has 1 N–H and O–H groups in total. The topological polar surface area (TPSA) is 66.8 Å². The number of hydrogen-bond acceptors (Lipinski definition) is 4. The first-order valence-electron chi connectivity index (χ1n) is 6.46. The van der Waals surface area contributed by atoms with E-state index in [0.717, 1.165) is 12.8 Å². The van der Waals surface area contributed by atoms with Gasteiger partial charge < -0.3 is 9.84 Å². The van der Waals surface area contributed by atoms with Crippen LogP contribution in [0.2, 0.25) is 0 Å². The SMILES string of the molecule is COCC(C)C(O)CC1CCCN(S(C)(=O)=O)C1. The van der Waals surface area contributed by atoms with Gasteiger partial charge in [-0.25, -0.2) is 12.7 Å². The van der Waals surface area contributed by atoms with Gasteiger partial charge in [-0.1, -0.05) is 6.92 Å². The van der Waals surface area contributed by atoms with E-state index < -0.39 is 16.1 Å². The molecule has 0 spiro atoms. The maximum atomic E-state index is 11.5. The number of sulfonamides is 1. The quantitative estimate of drug-likeness (QED) is 0.777. The summed E-state index contributed by atoms with van der Waals surface area (Å²) in [7, 11) is -1.48. The van der Waals surface area contributed by atoms with Crippen LogP contribution in [0.1, 0.15) is 26.2 Å². The van der Waals surface area contributed by atoms with Crippen molar-refractivity contribution in [3.63, 3.8) is 0 Å². The molecule has 5 nitrogen and oxygen atoms in total. The van der Waals surface area contributed by atoms with Crippen molar-refractivity contribution in [1.82, 2.24) is 4.31 Å². The zero-order valence-electron chi connectivity index (χ0n) is 11.5. The maximum Gasteiger partial charge on any atom is 0.211 e. The Bertz CT molecular complexity index is 344. The van der Waals surface area contributed by atoms with Crippen LogP contribution in [0, 0.1) is 11.8 Å². The molecular formula is C12H25NO4S. The number of methoxy groups -OCH3 is 1. The average Bonchev–Trinajstić information content (AvgIpc) is 2.28. The molecule has 18 heavy (non-hydrogen) atoms. The van der Waals surface area contributed by atoms with Crippen LogP contribution in [-0.4, -0.2) is 57.0 Å². The molecule has 1 aliphatic rings. The molecule has 3 unspecified atom stereocenters. The Kier molecular flexibility index (Phi) is 6.04. The molecule has 0 aromatic carbocycles. The summed E-state index contributed by atoms with van der Waals surface area (Å²) in [6, 6.07) is 0. The van der Waals surface area contributed by atoms with E-state index in [1.807, 2.05) is 6.92 Å². The minimum absolute atomic E-state index is 0.0867. The molecule has 0 aromatic rings. The van der Waals surface area contributed by atoms with Crippen LogP contribution in [0.5, 0.6) is 0 Å². The Morgan fingerprint density at radius 2 is 2.17 bits per heavy atom. The second-order valence-corrected chi connectivity index (χ2v) is 7.35. The standard InChI is InChI=1S/C12H25NO4S/c1-10(9-17-2)12(14)7-11-5-4-6-13(8-11)18(3,15)16/h10-12,14H,4-9H2,1-3H3. The van der Waals surface area contributed by atoms with E-state index in [1.54, 1.807) is 7.11 Å². The van der Waals surface area contributed by atoms with Crippen molar-refractivity contribution < 1.29 is 18.3 Å². The first-order chi connectivity index (χ1) is 8.34. The van der Waals surface area contributed by atoms with Gasteiger partial charge in [0.25, 0.3) is 0 Å². The van der Waals surface area contributed by atoms with Crippen molar-refractivity contribution in [3.8, 4) is 0 Å². The molecule has 0 aromatic heterocycles. The average molecular weight is 279 g/mol. The summed E-state index contributed by atoms with van der Waals surface area (Å²) in [5.74, 6) is 0.339. The first kappa shape index (κ1) is 15.9. The molecule has 1 heterocycles. The van der Waals surface area contributed by atoms with Gasteiger partial charge in [0.2, 0.25) is 10.0 Å². The molecule has 0 saturated carbocycles. The summed E-state index contributed by atoms with van der Waals surface area (Å²) < 4.78 is 29.5. The number of aliphatic hydroxyl groups is 1. The predicted octanol–water partition coefficient (Wildman–Crippen LogP) is 0.692. The summed E-state index contributed by atoms with van der Waals surface area (Å²) in [6.45, 7) is 3.63. The van der Waals surface area contributed by atoms with E-state index >= 15 is 0 Å². The molecule has 1 rings (SSSR count).